The minimum Gasteiger partial charge on any atom is -0.507 e. The lowest BCUT2D eigenvalue weighted by Crippen LogP contribution is -2.02. The lowest BCUT2D eigenvalue weighted by molar-refractivity contribution is -0.432. The van der Waals surface area contributed by atoms with E-state index in [4.69, 9.17) is 11.0 Å². The molecule has 4 aromatic rings. The summed E-state index contributed by atoms with van der Waals surface area (Å²) in [5.41, 5.74) is 8.15. The maximum Gasteiger partial charge on any atom is 0.230 e. The van der Waals surface area contributed by atoms with Gasteiger partial charge in [0.2, 0.25) is 5.95 Å². The number of nitrogens with one attached hydrogen (secondary N) is 1. The van der Waals surface area contributed by atoms with Crippen LogP contribution in [0.3, 0.4) is 0 Å². The highest BCUT2D eigenvalue weighted by molar-refractivity contribution is 7.94. The Kier molecular flexibility index (Phi) is 6.60. The summed E-state index contributed by atoms with van der Waals surface area (Å²) < 4.78 is 4.42. The van der Waals surface area contributed by atoms with Gasteiger partial charge in [0, 0.05) is 10.6 Å². The van der Waals surface area contributed by atoms with Crippen molar-refractivity contribution in [2.75, 3.05) is 11.1 Å². The zero-order valence-corrected chi connectivity index (χ0v) is 18.4. The van der Waals surface area contributed by atoms with Crippen molar-refractivity contribution in [3.8, 4) is 5.75 Å². The normalized spacial score (nSPS) is 11.4. The fourth-order valence-corrected chi connectivity index (χ4v) is 3.59. The number of phenolic OH excluding ortho intramolecular Hbond substituents is 1. The van der Waals surface area contributed by atoms with Crippen molar-refractivity contribution in [3.05, 3.63) is 60.2 Å². The van der Waals surface area contributed by atoms with Crippen molar-refractivity contribution in [2.24, 2.45) is 10.2 Å². The molecule has 33 heavy (non-hydrogen) atoms. The van der Waals surface area contributed by atoms with Crippen molar-refractivity contribution >= 4 is 51.5 Å². The summed E-state index contributed by atoms with van der Waals surface area (Å²) in [5.74, 6) is 1.65. The SMILES string of the molecule is Cc1nc(C)nc(Nc2ccc(N=Nc3c(N)ccc4cc(SOOO)cc(O)c34)cc2)n1. The third kappa shape index (κ3) is 5.32. The molecule has 0 aliphatic carbocycles. The van der Waals surface area contributed by atoms with Crippen molar-refractivity contribution in [1.29, 1.82) is 0 Å². The molecule has 3 aromatic carbocycles. The summed E-state index contributed by atoms with van der Waals surface area (Å²) in [7, 11) is 0. The Morgan fingerprint density at radius 2 is 1.70 bits per heavy atom. The van der Waals surface area contributed by atoms with Crippen molar-refractivity contribution in [2.45, 2.75) is 18.7 Å². The lowest BCUT2D eigenvalue weighted by atomic mass is 10.1. The standard InChI is InChI=1S/C21H19N7O4S/c1-11-23-12(2)25-21(24-11)26-14-4-6-15(7-5-14)27-28-20-17(22)8-3-13-9-16(33-32-31-30)10-18(29)19(13)20/h3-10,29-30H,22H2,1-2H3,(H,23,24,25,26). The number of rotatable bonds is 7. The van der Waals surface area contributed by atoms with Crippen LogP contribution < -0.4 is 11.1 Å². The van der Waals surface area contributed by atoms with Gasteiger partial charge in [-0.15, -0.1) is 9.45 Å². The van der Waals surface area contributed by atoms with Crippen LogP contribution in [0, 0.1) is 13.8 Å². The predicted octanol–water partition coefficient (Wildman–Crippen LogP) is 5.52. The first-order chi connectivity index (χ1) is 15.9. The fourth-order valence-electron chi connectivity index (χ4n) is 3.14. The van der Waals surface area contributed by atoms with Crippen LogP contribution in [0.25, 0.3) is 10.8 Å². The molecular formula is C21H19N7O4S. The molecule has 11 nitrogen and oxygen atoms in total. The van der Waals surface area contributed by atoms with Gasteiger partial charge in [0.1, 0.15) is 23.1 Å². The molecule has 1 aromatic heterocycles. The highest BCUT2D eigenvalue weighted by Crippen LogP contribution is 2.41. The van der Waals surface area contributed by atoms with Crippen LogP contribution in [0.4, 0.5) is 28.7 Å². The van der Waals surface area contributed by atoms with Crippen LogP contribution in [-0.2, 0) is 9.37 Å². The molecule has 4 rings (SSSR count). The van der Waals surface area contributed by atoms with E-state index >= 15 is 0 Å². The molecule has 0 radical (unpaired) electrons. The molecule has 1 heterocycles. The quantitative estimate of drug-likeness (QED) is 0.0899. The zero-order chi connectivity index (χ0) is 23.4. The number of fused-ring (bicyclic) bond motifs is 1. The number of phenols is 1. The van der Waals surface area contributed by atoms with Gasteiger partial charge in [-0.2, -0.15) is 15.1 Å². The Hall–Kier alpha value is -3.84. The predicted molar refractivity (Wildman–Crippen MR) is 124 cm³/mol. The second-order valence-electron chi connectivity index (χ2n) is 6.90. The van der Waals surface area contributed by atoms with Crippen LogP contribution in [-0.4, -0.2) is 25.3 Å². The molecule has 5 N–H and O–H groups in total. The number of benzene rings is 3. The molecule has 0 spiro atoms. The van der Waals surface area contributed by atoms with E-state index in [0.717, 1.165) is 17.7 Å². The Balaban J connectivity index is 1.58. The van der Waals surface area contributed by atoms with E-state index in [0.29, 0.717) is 50.3 Å². The molecule has 0 saturated carbocycles. The summed E-state index contributed by atoms with van der Waals surface area (Å²) in [6.45, 7) is 3.61. The van der Waals surface area contributed by atoms with Gasteiger partial charge in [-0.1, -0.05) is 11.1 Å². The minimum atomic E-state index is -0.0692. The Morgan fingerprint density at radius 1 is 0.970 bits per heavy atom. The lowest BCUT2D eigenvalue weighted by Gasteiger charge is -2.09. The summed E-state index contributed by atoms with van der Waals surface area (Å²) in [6.07, 6.45) is 0. The second kappa shape index (κ2) is 9.75. The largest absolute Gasteiger partial charge is 0.507 e. The summed E-state index contributed by atoms with van der Waals surface area (Å²) in [6, 6.07) is 13.7. The highest BCUT2D eigenvalue weighted by Gasteiger charge is 2.12. The van der Waals surface area contributed by atoms with E-state index in [-0.39, 0.29) is 5.75 Å². The zero-order valence-electron chi connectivity index (χ0n) is 17.6. The average Bonchev–Trinajstić information content (AvgIpc) is 2.77. The van der Waals surface area contributed by atoms with Gasteiger partial charge in [-0.25, -0.2) is 10.2 Å². The second-order valence-corrected chi connectivity index (χ2v) is 7.67. The molecule has 0 saturated heterocycles. The third-order valence-corrected chi connectivity index (χ3v) is 5.04. The van der Waals surface area contributed by atoms with Crippen LogP contribution >= 0.6 is 12.0 Å². The van der Waals surface area contributed by atoms with E-state index in [9.17, 15) is 5.11 Å². The van der Waals surface area contributed by atoms with E-state index < -0.39 is 0 Å². The number of aryl methyl sites for hydroxylation is 2. The van der Waals surface area contributed by atoms with E-state index in [1.54, 1.807) is 44.2 Å². The van der Waals surface area contributed by atoms with Crippen LogP contribution in [0.5, 0.6) is 5.75 Å². The van der Waals surface area contributed by atoms with Crippen LogP contribution in [0.2, 0.25) is 0 Å². The maximum atomic E-state index is 10.5. The molecule has 0 unspecified atom stereocenters. The highest BCUT2D eigenvalue weighted by atomic mass is 32.2. The fraction of sp³-hybridized carbons (Fsp3) is 0.0952. The van der Waals surface area contributed by atoms with Gasteiger partial charge in [-0.3, -0.25) is 0 Å². The number of nitrogen functional groups attached to an aromatic ring is 1. The number of aromatic hydroxyl groups is 1. The van der Waals surface area contributed by atoms with Gasteiger partial charge >= 0.3 is 0 Å². The van der Waals surface area contributed by atoms with E-state index in [2.05, 4.69) is 39.9 Å². The van der Waals surface area contributed by atoms with Crippen LogP contribution in [0.15, 0.2) is 63.7 Å². The number of anilines is 3. The summed E-state index contributed by atoms with van der Waals surface area (Å²) in [5, 5.41) is 35.2. The average molecular weight is 465 g/mol. The smallest absolute Gasteiger partial charge is 0.230 e. The van der Waals surface area contributed by atoms with Gasteiger partial charge in [-0.05, 0) is 61.7 Å². The summed E-state index contributed by atoms with van der Waals surface area (Å²) >= 11 is 0.737. The third-order valence-electron chi connectivity index (χ3n) is 4.48. The van der Waals surface area contributed by atoms with E-state index in [1.165, 1.54) is 6.07 Å². The number of nitrogens with zero attached hydrogens (tertiary/aromatic N) is 5. The molecule has 0 aliphatic heterocycles. The minimum absolute atomic E-state index is 0.0692. The number of nitrogens with two attached hydrogens (primary N) is 1. The van der Waals surface area contributed by atoms with Gasteiger partial charge < -0.3 is 16.2 Å². The molecule has 12 heteroatoms. The molecule has 0 atom stereocenters. The molecule has 168 valence electrons. The topological polar surface area (TPSA) is 160 Å². The Morgan fingerprint density at radius 3 is 2.39 bits per heavy atom. The number of azo groups is 1. The first-order valence-corrected chi connectivity index (χ1v) is 10.3. The Bertz CT molecular complexity index is 1310. The molecule has 0 aliphatic rings. The molecular weight excluding hydrogens is 446 g/mol. The van der Waals surface area contributed by atoms with E-state index in [1.807, 2.05) is 12.1 Å². The van der Waals surface area contributed by atoms with Gasteiger partial charge in [0.15, 0.2) is 0 Å². The Labute approximate surface area is 192 Å². The van der Waals surface area contributed by atoms with Gasteiger partial charge in [0.25, 0.3) is 0 Å². The van der Waals surface area contributed by atoms with Crippen molar-refractivity contribution in [1.82, 2.24) is 15.0 Å². The molecule has 0 fully saturated rings. The molecule has 0 amide bonds. The van der Waals surface area contributed by atoms with Crippen LogP contribution in [0.1, 0.15) is 11.6 Å². The summed E-state index contributed by atoms with van der Waals surface area (Å²) in [4.78, 5) is 13.2. The first kappa shape index (κ1) is 22.4. The molecule has 0 bridgehead atoms. The number of hydrogen-bond donors (Lipinski definition) is 4. The number of hydrogen-bond acceptors (Lipinski definition) is 12. The maximum absolute atomic E-state index is 10.5. The number of aromatic nitrogens is 3. The van der Waals surface area contributed by atoms with Crippen molar-refractivity contribution < 1.29 is 19.7 Å². The monoisotopic (exact) mass is 465 g/mol. The van der Waals surface area contributed by atoms with Gasteiger partial charge in [0.05, 0.1) is 28.8 Å². The van der Waals surface area contributed by atoms with Crippen molar-refractivity contribution in [3.63, 3.8) is 0 Å². The first-order valence-electron chi connectivity index (χ1n) is 9.61.